The van der Waals surface area contributed by atoms with Crippen LogP contribution in [-0.2, 0) is 13.1 Å². The fourth-order valence-corrected chi connectivity index (χ4v) is 5.14. The lowest BCUT2D eigenvalue weighted by Crippen LogP contribution is -2.30. The summed E-state index contributed by atoms with van der Waals surface area (Å²) >= 11 is 0. The zero-order chi connectivity index (χ0) is 25.9. The second kappa shape index (κ2) is 10.6. The molecule has 0 spiro atoms. The number of halogens is 1. The molecule has 9 nitrogen and oxygen atoms in total. The van der Waals surface area contributed by atoms with E-state index in [-0.39, 0.29) is 5.82 Å². The molecule has 38 heavy (non-hydrogen) atoms. The third kappa shape index (κ3) is 5.07. The molecule has 1 saturated heterocycles. The summed E-state index contributed by atoms with van der Waals surface area (Å²) in [6, 6.07) is 14.8. The lowest BCUT2D eigenvalue weighted by Gasteiger charge is -2.20. The first-order valence-electron chi connectivity index (χ1n) is 12.7. The van der Waals surface area contributed by atoms with Crippen LogP contribution in [0, 0.1) is 12.4 Å². The van der Waals surface area contributed by atoms with Crippen LogP contribution in [0.4, 0.5) is 15.9 Å². The van der Waals surface area contributed by atoms with Gasteiger partial charge in [0.2, 0.25) is 0 Å². The zero-order valence-corrected chi connectivity index (χ0v) is 21.0. The van der Waals surface area contributed by atoms with Crippen LogP contribution in [0.3, 0.4) is 0 Å². The van der Waals surface area contributed by atoms with Crippen LogP contribution in [0.25, 0.3) is 21.3 Å². The number of anilines is 2. The van der Waals surface area contributed by atoms with Crippen LogP contribution in [0.1, 0.15) is 17.5 Å². The molecule has 1 N–H and O–H groups in total. The van der Waals surface area contributed by atoms with Crippen molar-refractivity contribution in [1.82, 2.24) is 34.2 Å². The van der Waals surface area contributed by atoms with Gasteiger partial charge in [-0.05, 0) is 60.5 Å². The van der Waals surface area contributed by atoms with Gasteiger partial charge in [-0.25, -0.2) is 25.4 Å². The van der Waals surface area contributed by atoms with Crippen molar-refractivity contribution in [1.29, 1.82) is 0 Å². The van der Waals surface area contributed by atoms with Crippen LogP contribution in [-0.4, -0.2) is 67.0 Å². The van der Waals surface area contributed by atoms with Gasteiger partial charge in [0, 0.05) is 43.4 Å². The van der Waals surface area contributed by atoms with Gasteiger partial charge in [0.25, 0.3) is 6.67 Å². The number of hydrogen-bond acceptors (Lipinski definition) is 6. The van der Waals surface area contributed by atoms with Crippen LogP contribution in [0.15, 0.2) is 67.3 Å². The summed E-state index contributed by atoms with van der Waals surface area (Å²) in [6.45, 7) is 12.7. The first kappa shape index (κ1) is 24.0. The van der Waals surface area contributed by atoms with Gasteiger partial charge < -0.3 is 5.32 Å². The number of nitrogens with zero attached hydrogens (tertiary/aromatic N) is 8. The van der Waals surface area contributed by atoms with Gasteiger partial charge >= 0.3 is 0 Å². The van der Waals surface area contributed by atoms with E-state index in [1.165, 1.54) is 12.1 Å². The van der Waals surface area contributed by atoms with Crippen molar-refractivity contribution in [2.45, 2.75) is 19.5 Å². The maximum absolute atomic E-state index is 13.6. The normalized spacial score (nSPS) is 15.1. The van der Waals surface area contributed by atoms with Crippen molar-refractivity contribution in [3.8, 4) is 0 Å². The van der Waals surface area contributed by atoms with E-state index in [0.717, 1.165) is 78.2 Å². The standard InChI is InChI=1S/C28H28FN9/c1-30-20-36-10-3-9-35(12-13-36)18-22-8-11-37-27(22)28(31-19-33-37)34-25-6-7-26-23(15-25)16-32-38(26)17-21-4-2-5-24(29)14-21/h2,4-8,11,14-16,19H,3,9-10,12-13,17-18,20H2,(H,31,33,34). The van der Waals surface area contributed by atoms with Gasteiger partial charge in [-0.15, -0.1) is 0 Å². The minimum atomic E-state index is -0.246. The van der Waals surface area contributed by atoms with Gasteiger partial charge in [0.05, 0.1) is 18.3 Å². The van der Waals surface area contributed by atoms with Crippen molar-refractivity contribution < 1.29 is 4.39 Å². The van der Waals surface area contributed by atoms with E-state index in [1.807, 2.05) is 45.9 Å². The predicted octanol–water partition coefficient (Wildman–Crippen LogP) is 4.39. The number of fused-ring (bicyclic) bond motifs is 2. The Hall–Kier alpha value is -4.33. The molecular formula is C28H28FN9. The molecule has 1 fully saturated rings. The molecule has 4 heterocycles. The Balaban J connectivity index is 1.22. The molecule has 0 radical (unpaired) electrons. The molecule has 1 aliphatic heterocycles. The molecular weight excluding hydrogens is 481 g/mol. The largest absolute Gasteiger partial charge is 0.338 e. The highest BCUT2D eigenvalue weighted by Gasteiger charge is 2.19. The monoisotopic (exact) mass is 509 g/mol. The maximum atomic E-state index is 13.6. The average molecular weight is 510 g/mol. The fourth-order valence-electron chi connectivity index (χ4n) is 5.14. The Morgan fingerprint density at radius 3 is 2.76 bits per heavy atom. The van der Waals surface area contributed by atoms with Crippen LogP contribution < -0.4 is 5.32 Å². The summed E-state index contributed by atoms with van der Waals surface area (Å²) in [7, 11) is 0. The lowest BCUT2D eigenvalue weighted by molar-refractivity contribution is 0.262. The SMILES string of the molecule is [C-]#[N+]CN1CCCN(Cc2ccn3ncnc(Nc4ccc5c(cnn5Cc5cccc(F)c5)c4)c23)CC1. The van der Waals surface area contributed by atoms with Gasteiger partial charge in [-0.3, -0.25) is 14.4 Å². The van der Waals surface area contributed by atoms with E-state index in [4.69, 9.17) is 6.57 Å². The average Bonchev–Trinajstić information content (AvgIpc) is 3.43. The van der Waals surface area contributed by atoms with Gasteiger partial charge in [0.15, 0.2) is 5.82 Å². The van der Waals surface area contributed by atoms with Gasteiger partial charge in [-0.1, -0.05) is 12.1 Å². The van der Waals surface area contributed by atoms with E-state index in [1.54, 1.807) is 12.4 Å². The Morgan fingerprint density at radius 1 is 0.974 bits per heavy atom. The molecule has 0 aliphatic carbocycles. The first-order chi connectivity index (χ1) is 18.7. The van der Waals surface area contributed by atoms with Crippen LogP contribution in [0.5, 0.6) is 0 Å². The van der Waals surface area contributed by atoms with Crippen LogP contribution in [0.2, 0.25) is 0 Å². The summed E-state index contributed by atoms with van der Waals surface area (Å²) in [4.78, 5) is 12.8. The number of nitrogens with one attached hydrogen (secondary N) is 1. The van der Waals surface area contributed by atoms with Crippen LogP contribution >= 0.6 is 0 Å². The fraction of sp³-hybridized carbons (Fsp3) is 0.286. The minimum Gasteiger partial charge on any atom is -0.338 e. The predicted molar refractivity (Wildman–Crippen MR) is 144 cm³/mol. The number of hydrogen-bond donors (Lipinski definition) is 1. The lowest BCUT2D eigenvalue weighted by atomic mass is 10.2. The summed E-state index contributed by atoms with van der Waals surface area (Å²) in [5, 5.41) is 13.4. The highest BCUT2D eigenvalue weighted by Crippen LogP contribution is 2.27. The Bertz CT molecular complexity index is 1620. The van der Waals surface area contributed by atoms with E-state index >= 15 is 0 Å². The molecule has 0 amide bonds. The second-order valence-electron chi connectivity index (χ2n) is 9.62. The highest BCUT2D eigenvalue weighted by molar-refractivity contribution is 5.85. The van der Waals surface area contributed by atoms with Gasteiger partial charge in [0.1, 0.15) is 17.7 Å². The number of benzene rings is 2. The number of aromatic nitrogens is 5. The zero-order valence-electron chi connectivity index (χ0n) is 21.0. The van der Waals surface area contributed by atoms with Crippen molar-refractivity contribution in [2.75, 3.05) is 38.2 Å². The van der Waals surface area contributed by atoms with Gasteiger partial charge in [-0.2, -0.15) is 10.2 Å². The highest BCUT2D eigenvalue weighted by atomic mass is 19.1. The molecule has 2 aromatic carbocycles. The molecule has 1 aliphatic rings. The van der Waals surface area contributed by atoms with E-state index in [9.17, 15) is 4.39 Å². The maximum Gasteiger partial charge on any atom is 0.270 e. The third-order valence-corrected chi connectivity index (χ3v) is 7.01. The van der Waals surface area contributed by atoms with Crippen molar-refractivity contribution >= 4 is 27.9 Å². The smallest absolute Gasteiger partial charge is 0.270 e. The Labute approximate surface area is 219 Å². The molecule has 0 saturated carbocycles. The topological polar surface area (TPSA) is 70.9 Å². The second-order valence-corrected chi connectivity index (χ2v) is 9.62. The molecule has 5 aromatic rings. The Kier molecular flexibility index (Phi) is 6.69. The van der Waals surface area contributed by atoms with Crippen molar-refractivity contribution in [2.24, 2.45) is 0 Å². The quantitative estimate of drug-likeness (QED) is 0.328. The van der Waals surface area contributed by atoms with E-state index in [2.05, 4.69) is 41.2 Å². The summed E-state index contributed by atoms with van der Waals surface area (Å²) < 4.78 is 17.4. The molecule has 10 heteroatoms. The third-order valence-electron chi connectivity index (χ3n) is 7.01. The molecule has 0 unspecified atom stereocenters. The minimum absolute atomic E-state index is 0.246. The molecule has 0 atom stereocenters. The molecule has 0 bridgehead atoms. The summed E-state index contributed by atoms with van der Waals surface area (Å²) in [5.41, 5.74) is 4.86. The molecule has 6 rings (SSSR count). The molecule has 3 aromatic heterocycles. The van der Waals surface area contributed by atoms with E-state index in [0.29, 0.717) is 13.2 Å². The summed E-state index contributed by atoms with van der Waals surface area (Å²) in [6.07, 6.45) is 6.41. The summed E-state index contributed by atoms with van der Waals surface area (Å²) in [5.74, 6) is 0.500. The van der Waals surface area contributed by atoms with E-state index < -0.39 is 0 Å². The van der Waals surface area contributed by atoms with Crippen molar-refractivity contribution in [3.63, 3.8) is 0 Å². The van der Waals surface area contributed by atoms with Crippen molar-refractivity contribution in [3.05, 3.63) is 95.6 Å². The molecule has 192 valence electrons. The number of rotatable bonds is 7. The first-order valence-corrected chi connectivity index (χ1v) is 12.7. The Morgan fingerprint density at radius 2 is 1.87 bits per heavy atom.